The maximum Gasteiger partial charge on any atom is 0.188 e. The summed E-state index contributed by atoms with van der Waals surface area (Å²) in [6.45, 7) is 4.07. The van der Waals surface area contributed by atoms with Gasteiger partial charge in [-0.05, 0) is 43.9 Å². The summed E-state index contributed by atoms with van der Waals surface area (Å²) in [6, 6.07) is 7.39. The maximum atomic E-state index is 12.8. The Bertz CT molecular complexity index is 1130. The van der Waals surface area contributed by atoms with Gasteiger partial charge in [0.05, 0.1) is 11.1 Å². The molecule has 3 rings (SSSR count). The number of anilines is 3. The van der Waals surface area contributed by atoms with Crippen LogP contribution in [-0.2, 0) is 11.2 Å². The third-order valence-electron chi connectivity index (χ3n) is 5.16. The minimum absolute atomic E-state index is 0.0383. The zero-order valence-corrected chi connectivity index (χ0v) is 20.8. The van der Waals surface area contributed by atoms with Crippen LogP contribution in [0.25, 0.3) is 0 Å². The van der Waals surface area contributed by atoms with E-state index in [1.54, 1.807) is 25.3 Å². The fraction of sp³-hybridized carbons (Fsp3) is 0.375. The van der Waals surface area contributed by atoms with Crippen LogP contribution >= 0.6 is 22.9 Å². The Labute approximate surface area is 207 Å². The highest BCUT2D eigenvalue weighted by atomic mass is 35.5. The van der Waals surface area contributed by atoms with Crippen molar-refractivity contribution >= 4 is 51.3 Å². The SMILES string of the molecule is Cc1nc(NCCCCCC(=O)CO)cc(Nc2ncc(C(=O)Cc3c(C)cccc3Cl)s2)n1. The minimum Gasteiger partial charge on any atom is -0.389 e. The second kappa shape index (κ2) is 12.5. The van der Waals surface area contributed by atoms with Crippen LogP contribution in [0.2, 0.25) is 5.02 Å². The smallest absolute Gasteiger partial charge is 0.188 e. The van der Waals surface area contributed by atoms with Gasteiger partial charge >= 0.3 is 0 Å². The second-order valence-corrected chi connectivity index (χ2v) is 9.35. The number of carbonyl (C=O) groups is 2. The molecule has 0 saturated carbocycles. The van der Waals surface area contributed by atoms with Crippen molar-refractivity contribution in [2.45, 2.75) is 46.0 Å². The quantitative estimate of drug-likeness (QED) is 0.223. The van der Waals surface area contributed by atoms with Crippen LogP contribution in [0.3, 0.4) is 0 Å². The Kier molecular flexibility index (Phi) is 9.50. The number of aryl methyl sites for hydroxylation is 2. The number of benzene rings is 1. The molecule has 0 atom stereocenters. The van der Waals surface area contributed by atoms with Crippen LogP contribution in [0, 0.1) is 13.8 Å². The highest BCUT2D eigenvalue weighted by molar-refractivity contribution is 7.17. The molecule has 3 N–H and O–H groups in total. The molecule has 180 valence electrons. The molecule has 0 spiro atoms. The van der Waals surface area contributed by atoms with Crippen LogP contribution < -0.4 is 10.6 Å². The lowest BCUT2D eigenvalue weighted by molar-refractivity contribution is -0.121. The number of thiazole rings is 1. The van der Waals surface area contributed by atoms with E-state index in [2.05, 4.69) is 25.6 Å². The van der Waals surface area contributed by atoms with Gasteiger partial charge in [0.15, 0.2) is 16.7 Å². The van der Waals surface area contributed by atoms with E-state index in [-0.39, 0.29) is 24.6 Å². The fourth-order valence-electron chi connectivity index (χ4n) is 3.35. The fourth-order valence-corrected chi connectivity index (χ4v) is 4.40. The number of ketones is 2. The number of nitrogens with zero attached hydrogens (tertiary/aromatic N) is 3. The monoisotopic (exact) mass is 501 g/mol. The predicted molar refractivity (Wildman–Crippen MR) is 135 cm³/mol. The molecule has 0 amide bonds. The third kappa shape index (κ3) is 7.58. The topological polar surface area (TPSA) is 117 Å². The van der Waals surface area contributed by atoms with Crippen molar-refractivity contribution in [1.29, 1.82) is 0 Å². The summed E-state index contributed by atoms with van der Waals surface area (Å²) >= 11 is 7.53. The summed E-state index contributed by atoms with van der Waals surface area (Å²) < 4.78 is 0. The van der Waals surface area contributed by atoms with Gasteiger partial charge in [0.1, 0.15) is 24.1 Å². The molecule has 0 aliphatic rings. The van der Waals surface area contributed by atoms with Crippen LogP contribution in [-0.4, -0.2) is 44.8 Å². The van der Waals surface area contributed by atoms with Crippen molar-refractivity contribution < 1.29 is 14.7 Å². The number of rotatable bonds is 13. The molecule has 0 unspecified atom stereocenters. The largest absolute Gasteiger partial charge is 0.389 e. The lowest BCUT2D eigenvalue weighted by Gasteiger charge is -2.09. The van der Waals surface area contributed by atoms with E-state index in [9.17, 15) is 9.59 Å². The maximum absolute atomic E-state index is 12.8. The third-order valence-corrected chi connectivity index (χ3v) is 6.47. The zero-order valence-electron chi connectivity index (χ0n) is 19.2. The predicted octanol–water partition coefficient (Wildman–Crippen LogP) is 4.91. The van der Waals surface area contributed by atoms with Crippen molar-refractivity contribution in [3.8, 4) is 0 Å². The summed E-state index contributed by atoms with van der Waals surface area (Å²) in [5.74, 6) is 1.70. The number of Topliss-reactive ketones (excluding diaryl/α,β-unsaturated/α-hetero) is 2. The molecule has 2 heterocycles. The van der Waals surface area contributed by atoms with Crippen molar-refractivity contribution in [3.63, 3.8) is 0 Å². The van der Waals surface area contributed by atoms with Gasteiger partial charge in [-0.1, -0.05) is 41.5 Å². The molecule has 3 aromatic rings. The van der Waals surface area contributed by atoms with E-state index in [0.717, 1.165) is 30.4 Å². The van der Waals surface area contributed by atoms with Gasteiger partial charge in [0.25, 0.3) is 0 Å². The molecule has 1 aromatic carbocycles. The number of hydrogen-bond acceptors (Lipinski definition) is 9. The van der Waals surface area contributed by atoms with E-state index in [4.69, 9.17) is 16.7 Å². The lowest BCUT2D eigenvalue weighted by Crippen LogP contribution is -2.07. The minimum atomic E-state index is -0.385. The van der Waals surface area contributed by atoms with E-state index in [0.29, 0.717) is 45.5 Å². The molecule has 0 radical (unpaired) electrons. The Morgan fingerprint density at radius 1 is 1.12 bits per heavy atom. The average molecular weight is 502 g/mol. The van der Waals surface area contributed by atoms with Gasteiger partial charge in [-0.15, -0.1) is 0 Å². The Morgan fingerprint density at radius 2 is 1.91 bits per heavy atom. The van der Waals surface area contributed by atoms with E-state index in [1.165, 1.54) is 11.3 Å². The van der Waals surface area contributed by atoms with Gasteiger partial charge in [0, 0.05) is 30.5 Å². The second-order valence-electron chi connectivity index (χ2n) is 7.91. The molecule has 0 aliphatic heterocycles. The highest BCUT2D eigenvalue weighted by Gasteiger charge is 2.15. The number of carbonyl (C=O) groups excluding carboxylic acids is 2. The van der Waals surface area contributed by atoms with Gasteiger partial charge in [0.2, 0.25) is 0 Å². The first-order chi connectivity index (χ1) is 16.4. The number of unbranched alkanes of at least 4 members (excludes halogenated alkanes) is 2. The Balaban J connectivity index is 1.55. The average Bonchev–Trinajstić information content (AvgIpc) is 3.26. The van der Waals surface area contributed by atoms with Crippen LogP contribution in [0.5, 0.6) is 0 Å². The summed E-state index contributed by atoms with van der Waals surface area (Å²) in [5, 5.41) is 16.3. The van der Waals surface area contributed by atoms with Gasteiger partial charge in [-0.25, -0.2) is 15.0 Å². The van der Waals surface area contributed by atoms with Crippen molar-refractivity contribution in [2.24, 2.45) is 0 Å². The summed E-state index contributed by atoms with van der Waals surface area (Å²) in [6.07, 6.45) is 4.73. The van der Waals surface area contributed by atoms with E-state index < -0.39 is 0 Å². The van der Waals surface area contributed by atoms with Gasteiger partial charge in [-0.2, -0.15) is 0 Å². The molecular weight excluding hydrogens is 474 g/mol. The Morgan fingerprint density at radius 3 is 2.68 bits per heavy atom. The van der Waals surface area contributed by atoms with Gasteiger partial charge in [-0.3, -0.25) is 9.59 Å². The molecular formula is C24H28ClN5O3S. The van der Waals surface area contributed by atoms with Crippen molar-refractivity contribution in [3.05, 3.63) is 57.3 Å². The van der Waals surface area contributed by atoms with E-state index >= 15 is 0 Å². The molecule has 0 aliphatic carbocycles. The van der Waals surface area contributed by atoms with Crippen molar-refractivity contribution in [1.82, 2.24) is 15.0 Å². The lowest BCUT2D eigenvalue weighted by atomic mass is 10.0. The first kappa shape index (κ1) is 25.7. The van der Waals surface area contributed by atoms with E-state index in [1.807, 2.05) is 19.1 Å². The number of hydrogen-bond donors (Lipinski definition) is 3. The number of aliphatic hydroxyl groups is 1. The highest BCUT2D eigenvalue weighted by Crippen LogP contribution is 2.26. The molecule has 34 heavy (non-hydrogen) atoms. The number of halogens is 1. The standard InChI is InChI=1S/C24H28ClN5O3S/c1-15-7-6-9-19(25)18(15)11-20(33)21-13-27-24(34-21)30-23-12-22(28-16(2)29-23)26-10-5-3-4-8-17(32)14-31/h6-7,9,12-13,31H,3-5,8,10-11,14H2,1-2H3,(H2,26,27,28,29,30). The van der Waals surface area contributed by atoms with Gasteiger partial charge < -0.3 is 15.7 Å². The summed E-state index contributed by atoms with van der Waals surface area (Å²) in [7, 11) is 0. The molecule has 0 bridgehead atoms. The first-order valence-corrected chi connectivity index (χ1v) is 12.3. The molecule has 10 heteroatoms. The molecule has 0 fully saturated rings. The number of aliphatic hydroxyl groups excluding tert-OH is 1. The molecule has 2 aromatic heterocycles. The number of aromatic nitrogens is 3. The summed E-state index contributed by atoms with van der Waals surface area (Å²) in [5.41, 5.74) is 1.82. The normalized spacial score (nSPS) is 10.8. The van der Waals surface area contributed by atoms with Crippen LogP contribution in [0.4, 0.5) is 16.8 Å². The first-order valence-electron chi connectivity index (χ1n) is 11.1. The molecule has 0 saturated heterocycles. The van der Waals surface area contributed by atoms with Crippen LogP contribution in [0.1, 0.15) is 52.3 Å². The zero-order chi connectivity index (χ0) is 24.5. The Hall–Kier alpha value is -2.88. The summed E-state index contributed by atoms with van der Waals surface area (Å²) in [4.78, 5) is 37.5. The van der Waals surface area contributed by atoms with Crippen LogP contribution in [0.15, 0.2) is 30.5 Å². The number of nitrogens with one attached hydrogen (secondary N) is 2. The molecule has 8 nitrogen and oxygen atoms in total. The van der Waals surface area contributed by atoms with Crippen molar-refractivity contribution in [2.75, 3.05) is 23.8 Å².